The van der Waals surface area contributed by atoms with Crippen molar-refractivity contribution in [1.82, 2.24) is 10.3 Å². The van der Waals surface area contributed by atoms with Gasteiger partial charge < -0.3 is 11.1 Å². The van der Waals surface area contributed by atoms with E-state index in [2.05, 4.69) is 10.3 Å². The molecule has 1 aromatic heterocycles. The number of hydrogen-bond donors (Lipinski definition) is 2. The molecule has 1 fully saturated rings. The van der Waals surface area contributed by atoms with Gasteiger partial charge >= 0.3 is 0 Å². The SMILES string of the molecule is Cl.Nc1ccc(CC(=O)NCC2CCCC2)nc1. The summed E-state index contributed by atoms with van der Waals surface area (Å²) in [5, 5.41) is 2.98. The lowest BCUT2D eigenvalue weighted by atomic mass is 10.1. The van der Waals surface area contributed by atoms with E-state index in [0.717, 1.165) is 12.2 Å². The summed E-state index contributed by atoms with van der Waals surface area (Å²) in [6, 6.07) is 3.57. The van der Waals surface area contributed by atoms with Crippen LogP contribution in [0.15, 0.2) is 18.3 Å². The van der Waals surface area contributed by atoms with Crippen LogP contribution < -0.4 is 11.1 Å². The third-order valence-corrected chi connectivity index (χ3v) is 3.25. The zero-order valence-electron chi connectivity index (χ0n) is 10.4. The first kappa shape index (κ1) is 14.8. The topological polar surface area (TPSA) is 68.0 Å². The molecule has 0 radical (unpaired) electrons. The number of hydrogen-bond acceptors (Lipinski definition) is 3. The van der Waals surface area contributed by atoms with Crippen molar-refractivity contribution in [2.24, 2.45) is 5.92 Å². The highest BCUT2D eigenvalue weighted by Crippen LogP contribution is 2.23. The van der Waals surface area contributed by atoms with Crippen molar-refractivity contribution in [2.45, 2.75) is 32.1 Å². The van der Waals surface area contributed by atoms with Crippen LogP contribution in [0.4, 0.5) is 5.69 Å². The number of rotatable bonds is 4. The van der Waals surface area contributed by atoms with Crippen LogP contribution in [0.5, 0.6) is 0 Å². The molecule has 4 nitrogen and oxygen atoms in total. The Morgan fingerprint density at radius 3 is 2.72 bits per heavy atom. The minimum absolute atomic E-state index is 0. The van der Waals surface area contributed by atoms with E-state index >= 15 is 0 Å². The van der Waals surface area contributed by atoms with Crippen molar-refractivity contribution in [3.8, 4) is 0 Å². The summed E-state index contributed by atoms with van der Waals surface area (Å²) >= 11 is 0. The summed E-state index contributed by atoms with van der Waals surface area (Å²) in [6.45, 7) is 0.813. The first-order chi connectivity index (χ1) is 8.24. The number of amides is 1. The van der Waals surface area contributed by atoms with Crippen molar-refractivity contribution < 1.29 is 4.79 Å². The van der Waals surface area contributed by atoms with Crippen LogP contribution in [0.1, 0.15) is 31.4 Å². The molecule has 0 saturated heterocycles. The van der Waals surface area contributed by atoms with Gasteiger partial charge in [0.1, 0.15) is 0 Å². The maximum absolute atomic E-state index is 11.7. The van der Waals surface area contributed by atoms with Gasteiger partial charge in [0.05, 0.1) is 18.3 Å². The van der Waals surface area contributed by atoms with Crippen LogP contribution in [0.25, 0.3) is 0 Å². The maximum atomic E-state index is 11.7. The van der Waals surface area contributed by atoms with Gasteiger partial charge in [-0.05, 0) is 30.9 Å². The van der Waals surface area contributed by atoms with Crippen molar-refractivity contribution in [3.63, 3.8) is 0 Å². The van der Waals surface area contributed by atoms with E-state index in [4.69, 9.17) is 5.73 Å². The van der Waals surface area contributed by atoms with Crippen LogP contribution in [0.2, 0.25) is 0 Å². The highest BCUT2D eigenvalue weighted by molar-refractivity contribution is 5.85. The van der Waals surface area contributed by atoms with Gasteiger partial charge in [-0.15, -0.1) is 12.4 Å². The van der Waals surface area contributed by atoms with Crippen LogP contribution in [-0.4, -0.2) is 17.4 Å². The molecule has 0 atom stereocenters. The molecule has 18 heavy (non-hydrogen) atoms. The van der Waals surface area contributed by atoms with Crippen LogP contribution >= 0.6 is 12.4 Å². The fourth-order valence-electron chi connectivity index (χ4n) is 2.24. The number of carbonyl (C=O) groups is 1. The van der Waals surface area contributed by atoms with Gasteiger partial charge in [-0.1, -0.05) is 12.8 Å². The Morgan fingerprint density at radius 2 is 2.11 bits per heavy atom. The number of carbonyl (C=O) groups excluding carboxylic acids is 1. The lowest BCUT2D eigenvalue weighted by Crippen LogP contribution is -2.29. The van der Waals surface area contributed by atoms with Gasteiger partial charge in [-0.25, -0.2) is 0 Å². The van der Waals surface area contributed by atoms with Gasteiger partial charge in [0, 0.05) is 12.2 Å². The monoisotopic (exact) mass is 269 g/mol. The zero-order valence-corrected chi connectivity index (χ0v) is 11.2. The van der Waals surface area contributed by atoms with E-state index in [1.165, 1.54) is 25.7 Å². The van der Waals surface area contributed by atoms with E-state index < -0.39 is 0 Å². The Morgan fingerprint density at radius 1 is 1.39 bits per heavy atom. The normalized spacial score (nSPS) is 15.1. The van der Waals surface area contributed by atoms with Crippen molar-refractivity contribution in [3.05, 3.63) is 24.0 Å². The summed E-state index contributed by atoms with van der Waals surface area (Å²) in [6.07, 6.45) is 7.04. The Hall–Kier alpha value is -1.29. The molecule has 1 heterocycles. The van der Waals surface area contributed by atoms with Gasteiger partial charge in [-0.3, -0.25) is 9.78 Å². The lowest BCUT2D eigenvalue weighted by molar-refractivity contribution is -0.120. The third-order valence-electron chi connectivity index (χ3n) is 3.25. The molecule has 0 aliphatic heterocycles. The second-order valence-electron chi connectivity index (χ2n) is 4.71. The number of nitrogen functional groups attached to an aromatic ring is 1. The van der Waals surface area contributed by atoms with Crippen LogP contribution in [-0.2, 0) is 11.2 Å². The Labute approximate surface area is 114 Å². The van der Waals surface area contributed by atoms with E-state index in [-0.39, 0.29) is 18.3 Å². The highest BCUT2D eigenvalue weighted by atomic mass is 35.5. The Bertz CT molecular complexity index is 374. The maximum Gasteiger partial charge on any atom is 0.226 e. The zero-order chi connectivity index (χ0) is 12.1. The van der Waals surface area contributed by atoms with Gasteiger partial charge in [-0.2, -0.15) is 0 Å². The molecule has 0 aromatic carbocycles. The summed E-state index contributed by atoms with van der Waals surface area (Å²) < 4.78 is 0. The summed E-state index contributed by atoms with van der Waals surface area (Å²) in [4.78, 5) is 15.8. The molecular formula is C13H20ClN3O. The number of pyridine rings is 1. The van der Waals surface area contributed by atoms with Crippen molar-refractivity contribution >= 4 is 24.0 Å². The van der Waals surface area contributed by atoms with E-state index in [9.17, 15) is 4.79 Å². The predicted molar refractivity (Wildman–Crippen MR) is 74.6 cm³/mol. The molecule has 1 aliphatic carbocycles. The summed E-state index contributed by atoms with van der Waals surface area (Å²) in [5.74, 6) is 0.729. The molecule has 0 unspecified atom stereocenters. The molecule has 1 aliphatic rings. The Balaban J connectivity index is 0.00000162. The summed E-state index contributed by atoms with van der Waals surface area (Å²) in [7, 11) is 0. The number of nitrogens with one attached hydrogen (secondary N) is 1. The predicted octanol–water partition coefficient (Wildman–Crippen LogP) is 1.93. The largest absolute Gasteiger partial charge is 0.397 e. The highest BCUT2D eigenvalue weighted by Gasteiger charge is 2.15. The van der Waals surface area contributed by atoms with Crippen LogP contribution in [0, 0.1) is 5.92 Å². The van der Waals surface area contributed by atoms with Crippen molar-refractivity contribution in [1.29, 1.82) is 0 Å². The van der Waals surface area contributed by atoms with E-state index in [1.807, 2.05) is 0 Å². The smallest absolute Gasteiger partial charge is 0.226 e. The fourth-order valence-corrected chi connectivity index (χ4v) is 2.24. The fraction of sp³-hybridized carbons (Fsp3) is 0.538. The van der Waals surface area contributed by atoms with Gasteiger partial charge in [0.2, 0.25) is 5.91 Å². The number of nitrogens with zero attached hydrogens (tertiary/aromatic N) is 1. The molecule has 100 valence electrons. The van der Waals surface area contributed by atoms with Gasteiger partial charge in [0.25, 0.3) is 0 Å². The molecule has 3 N–H and O–H groups in total. The third kappa shape index (κ3) is 4.53. The average molecular weight is 270 g/mol. The van der Waals surface area contributed by atoms with Gasteiger partial charge in [0.15, 0.2) is 0 Å². The number of nitrogens with two attached hydrogens (primary N) is 1. The standard InChI is InChI=1S/C13H19N3O.ClH/c14-11-5-6-12(15-9-11)7-13(17)16-8-10-3-1-2-4-10;/h5-6,9-10H,1-4,7-8,14H2,(H,16,17);1H. The molecule has 0 spiro atoms. The quantitative estimate of drug-likeness (QED) is 0.878. The summed E-state index contributed by atoms with van der Waals surface area (Å²) in [5.41, 5.74) is 6.93. The Kier molecular flexibility index (Phi) is 5.92. The number of halogens is 1. The molecule has 2 rings (SSSR count). The first-order valence-corrected chi connectivity index (χ1v) is 6.21. The second kappa shape index (κ2) is 7.21. The van der Waals surface area contributed by atoms with Crippen molar-refractivity contribution in [2.75, 3.05) is 12.3 Å². The second-order valence-corrected chi connectivity index (χ2v) is 4.71. The van der Waals surface area contributed by atoms with E-state index in [0.29, 0.717) is 18.0 Å². The minimum atomic E-state index is 0. The molecular weight excluding hydrogens is 250 g/mol. The lowest BCUT2D eigenvalue weighted by Gasteiger charge is -2.10. The molecule has 1 amide bonds. The average Bonchev–Trinajstić information content (AvgIpc) is 2.83. The number of aromatic nitrogens is 1. The number of anilines is 1. The van der Waals surface area contributed by atoms with E-state index in [1.54, 1.807) is 18.3 Å². The first-order valence-electron chi connectivity index (χ1n) is 6.21. The molecule has 1 aromatic rings. The molecule has 0 bridgehead atoms. The molecule has 5 heteroatoms. The van der Waals surface area contributed by atoms with Crippen LogP contribution in [0.3, 0.4) is 0 Å². The minimum Gasteiger partial charge on any atom is -0.397 e. The molecule has 1 saturated carbocycles.